The summed E-state index contributed by atoms with van der Waals surface area (Å²) in [6, 6.07) is 19.2. The van der Waals surface area contributed by atoms with Gasteiger partial charge < -0.3 is 5.11 Å². The molecule has 0 unspecified atom stereocenters. The van der Waals surface area contributed by atoms with Gasteiger partial charge in [0.15, 0.2) is 11.5 Å². The number of aromatic carboxylic acids is 1. The maximum absolute atomic E-state index is 13.6. The minimum absolute atomic E-state index is 0.0348. The van der Waals surface area contributed by atoms with E-state index in [0.29, 0.717) is 24.2 Å². The number of benzene rings is 2. The molecule has 3 aromatic heterocycles. The molecule has 0 aliphatic heterocycles. The average Bonchev–Trinajstić information content (AvgIpc) is 3.53. The molecular formula is C28H28N6O3. The largest absolute Gasteiger partial charge is 0.477 e. The number of aromatic nitrogens is 6. The van der Waals surface area contributed by atoms with Crippen LogP contribution in [0.4, 0.5) is 0 Å². The number of carbonyl (C=O) groups is 1. The second kappa shape index (κ2) is 10.2. The zero-order chi connectivity index (χ0) is 25.9. The summed E-state index contributed by atoms with van der Waals surface area (Å²) in [5, 5.41) is 24.0. The highest BCUT2D eigenvalue weighted by Gasteiger charge is 2.22. The lowest BCUT2D eigenvalue weighted by Gasteiger charge is -2.10. The number of hydrogen-bond donors (Lipinski definition) is 2. The highest BCUT2D eigenvalue weighted by atomic mass is 16.4. The van der Waals surface area contributed by atoms with Crippen molar-refractivity contribution in [1.29, 1.82) is 0 Å². The number of tetrazole rings is 1. The van der Waals surface area contributed by atoms with Crippen molar-refractivity contribution in [3.8, 4) is 22.5 Å². The van der Waals surface area contributed by atoms with Crippen molar-refractivity contribution < 1.29 is 9.90 Å². The van der Waals surface area contributed by atoms with Crippen LogP contribution < -0.4 is 5.56 Å². The van der Waals surface area contributed by atoms with Crippen LogP contribution in [0, 0.1) is 6.92 Å². The highest BCUT2D eigenvalue weighted by Crippen LogP contribution is 2.30. The Hall–Kier alpha value is -4.53. The number of nitrogens with zero attached hydrogens (tertiary/aromatic N) is 5. The van der Waals surface area contributed by atoms with Crippen LogP contribution in [-0.4, -0.2) is 40.7 Å². The molecule has 0 saturated heterocycles. The molecule has 0 amide bonds. The third-order valence-corrected chi connectivity index (χ3v) is 6.71. The van der Waals surface area contributed by atoms with Gasteiger partial charge in [0.1, 0.15) is 0 Å². The van der Waals surface area contributed by atoms with Crippen molar-refractivity contribution in [2.24, 2.45) is 0 Å². The lowest BCUT2D eigenvalue weighted by atomic mass is 9.96. The predicted molar refractivity (Wildman–Crippen MR) is 140 cm³/mol. The average molecular weight is 497 g/mol. The lowest BCUT2D eigenvalue weighted by molar-refractivity contribution is 0.0685. The van der Waals surface area contributed by atoms with Crippen LogP contribution in [0.3, 0.4) is 0 Å². The normalized spacial score (nSPS) is 11.3. The number of carboxylic acids is 1. The zero-order valence-electron chi connectivity index (χ0n) is 20.8. The van der Waals surface area contributed by atoms with Crippen LogP contribution in [0.15, 0.2) is 65.5 Å². The van der Waals surface area contributed by atoms with E-state index in [1.165, 1.54) is 10.6 Å². The van der Waals surface area contributed by atoms with Crippen LogP contribution >= 0.6 is 0 Å². The number of hydrogen-bond acceptors (Lipinski definition) is 5. The molecule has 0 aliphatic rings. The van der Waals surface area contributed by atoms with Gasteiger partial charge in [0.05, 0.1) is 0 Å². The molecule has 37 heavy (non-hydrogen) atoms. The van der Waals surface area contributed by atoms with Crippen molar-refractivity contribution >= 4 is 5.97 Å². The first-order chi connectivity index (χ1) is 18.0. The first kappa shape index (κ1) is 24.2. The zero-order valence-corrected chi connectivity index (χ0v) is 20.8. The van der Waals surface area contributed by atoms with Crippen LogP contribution in [0.5, 0.6) is 0 Å². The Labute approximate surface area is 213 Å². The molecular weight excluding hydrogens is 468 g/mol. The fourth-order valence-electron chi connectivity index (χ4n) is 4.88. The van der Waals surface area contributed by atoms with E-state index in [0.717, 1.165) is 52.9 Å². The van der Waals surface area contributed by atoms with Gasteiger partial charge in [0, 0.05) is 28.9 Å². The molecule has 9 heteroatoms. The molecule has 0 spiro atoms. The van der Waals surface area contributed by atoms with E-state index >= 15 is 0 Å². The van der Waals surface area contributed by atoms with Gasteiger partial charge in [-0.25, -0.2) is 14.4 Å². The number of aryl methyl sites for hydroxylation is 2. The van der Waals surface area contributed by atoms with Gasteiger partial charge in [-0.15, -0.1) is 5.10 Å². The van der Waals surface area contributed by atoms with E-state index in [9.17, 15) is 14.7 Å². The Balaban J connectivity index is 1.55. The second-order valence-electron chi connectivity index (χ2n) is 9.15. The number of rotatable bonds is 9. The molecule has 0 bridgehead atoms. The van der Waals surface area contributed by atoms with Crippen molar-refractivity contribution in [3.05, 3.63) is 99.2 Å². The summed E-state index contributed by atoms with van der Waals surface area (Å²) in [4.78, 5) is 25.5. The van der Waals surface area contributed by atoms with Gasteiger partial charge in [0.2, 0.25) is 0 Å². The molecule has 188 valence electrons. The summed E-state index contributed by atoms with van der Waals surface area (Å²) in [7, 11) is 0. The topological polar surface area (TPSA) is 118 Å². The molecule has 2 N–H and O–H groups in total. The number of aromatic amines is 1. The molecule has 0 saturated carbocycles. The van der Waals surface area contributed by atoms with Gasteiger partial charge >= 0.3 is 5.97 Å². The van der Waals surface area contributed by atoms with Crippen LogP contribution in [0.2, 0.25) is 0 Å². The Morgan fingerprint density at radius 3 is 2.41 bits per heavy atom. The predicted octanol–water partition coefficient (Wildman–Crippen LogP) is 4.58. The molecule has 9 nitrogen and oxygen atoms in total. The number of nitrogens with one attached hydrogen (secondary N) is 1. The second-order valence-corrected chi connectivity index (χ2v) is 9.15. The first-order valence-electron chi connectivity index (χ1n) is 12.4. The minimum Gasteiger partial charge on any atom is -0.477 e. The van der Waals surface area contributed by atoms with Crippen LogP contribution in [-0.2, 0) is 12.8 Å². The summed E-state index contributed by atoms with van der Waals surface area (Å²) in [6.07, 6.45) is 4.15. The van der Waals surface area contributed by atoms with Crippen molar-refractivity contribution in [1.82, 2.24) is 29.7 Å². The van der Waals surface area contributed by atoms with Gasteiger partial charge in [-0.2, -0.15) is 0 Å². The Morgan fingerprint density at radius 1 is 0.973 bits per heavy atom. The van der Waals surface area contributed by atoms with E-state index < -0.39 is 5.97 Å². The monoisotopic (exact) mass is 496 g/mol. The highest BCUT2D eigenvalue weighted by molar-refractivity contribution is 5.85. The molecule has 3 heterocycles. The quantitative estimate of drug-likeness (QED) is 0.289. The van der Waals surface area contributed by atoms with E-state index in [4.69, 9.17) is 0 Å². The smallest absolute Gasteiger partial charge is 0.354 e. The standard InChI is InChI=1S/C28H28N6O3/c1-3-4-5-10-24-23(27(35)34-25(28(36)37)16-11-18(2)33(24)34)17-19-12-14-20(15-13-19)21-8-6-7-9-22(21)26-29-31-32-30-26/h6-9,11-16H,3-5,10,17H2,1-2H3,(H,36,37)(H,29,30,31,32). The first-order valence-corrected chi connectivity index (χ1v) is 12.4. The van der Waals surface area contributed by atoms with Crippen LogP contribution in [0.25, 0.3) is 22.5 Å². The van der Waals surface area contributed by atoms with Gasteiger partial charge in [-0.1, -0.05) is 68.3 Å². The summed E-state index contributed by atoms with van der Waals surface area (Å²) < 4.78 is 3.09. The van der Waals surface area contributed by atoms with Crippen molar-refractivity contribution in [2.45, 2.75) is 46.0 Å². The molecule has 0 fully saturated rings. The van der Waals surface area contributed by atoms with Gasteiger partial charge in [-0.3, -0.25) is 9.31 Å². The SMILES string of the molecule is CCCCCc1c(Cc2ccc(-c3ccccc3-c3nnn[nH]3)cc2)c(=O)n2c(C(=O)O)ccc(C)n12. The maximum Gasteiger partial charge on any atom is 0.354 e. The fourth-order valence-corrected chi connectivity index (χ4v) is 4.88. The van der Waals surface area contributed by atoms with Crippen molar-refractivity contribution in [2.75, 3.05) is 0 Å². The minimum atomic E-state index is -1.12. The number of fused-ring (bicyclic) bond motifs is 1. The molecule has 0 aliphatic carbocycles. The van der Waals surface area contributed by atoms with Crippen LogP contribution in [0.1, 0.15) is 59.2 Å². The molecule has 2 aromatic carbocycles. The van der Waals surface area contributed by atoms with E-state index in [1.54, 1.807) is 10.6 Å². The molecule has 5 aromatic rings. The summed E-state index contributed by atoms with van der Waals surface area (Å²) >= 11 is 0. The fraction of sp³-hybridized carbons (Fsp3) is 0.250. The summed E-state index contributed by atoms with van der Waals surface area (Å²) in [6.45, 7) is 4.03. The van der Waals surface area contributed by atoms with Gasteiger partial charge in [-0.05, 0) is 59.0 Å². The number of H-pyrrole nitrogens is 1. The Morgan fingerprint density at radius 2 is 1.73 bits per heavy atom. The summed E-state index contributed by atoms with van der Waals surface area (Å²) in [5.41, 5.74) is 5.89. The van der Waals surface area contributed by atoms with E-state index in [1.807, 2.05) is 55.5 Å². The summed E-state index contributed by atoms with van der Waals surface area (Å²) in [5.74, 6) is -0.532. The van der Waals surface area contributed by atoms with Gasteiger partial charge in [0.25, 0.3) is 5.56 Å². The Bertz CT molecular complexity index is 1610. The molecule has 0 radical (unpaired) electrons. The lowest BCUT2D eigenvalue weighted by Crippen LogP contribution is -2.22. The van der Waals surface area contributed by atoms with Crippen molar-refractivity contribution in [3.63, 3.8) is 0 Å². The van der Waals surface area contributed by atoms with E-state index in [2.05, 4.69) is 27.5 Å². The maximum atomic E-state index is 13.6. The third-order valence-electron chi connectivity index (χ3n) is 6.71. The Kier molecular flexibility index (Phi) is 6.68. The third kappa shape index (κ3) is 4.55. The molecule has 0 atom stereocenters. The van der Waals surface area contributed by atoms with E-state index in [-0.39, 0.29) is 11.3 Å². The number of carboxylic acid groups (broad SMARTS) is 1. The molecule has 5 rings (SSSR count). The number of unbranched alkanes of at least 4 members (excludes halogenated alkanes) is 2.